The van der Waals surface area contributed by atoms with Crippen LogP contribution in [-0.2, 0) is 4.42 Å². The molecule has 1 nitrogen and oxygen atoms in total. The zero-order chi connectivity index (χ0) is 19.9. The summed E-state index contributed by atoms with van der Waals surface area (Å²) in [6.07, 6.45) is 8.21. The Hall–Kier alpha value is -0.112. The minimum absolute atomic E-state index is 0. The first-order chi connectivity index (χ1) is 12.6. The van der Waals surface area contributed by atoms with E-state index in [4.69, 9.17) is 48.6 Å². The van der Waals surface area contributed by atoms with Gasteiger partial charge in [-0.15, -0.1) is 0 Å². The molecular formula is C20H17Cl6OSb. The molecule has 0 radical (unpaired) electrons. The molecule has 0 saturated carbocycles. The molecule has 1 aliphatic carbocycles. The van der Waals surface area contributed by atoms with E-state index >= 15 is 0 Å². The van der Waals surface area contributed by atoms with Crippen LogP contribution in [0.2, 0.25) is 0 Å². The van der Waals surface area contributed by atoms with Crippen LogP contribution in [-0.4, -0.2) is 24.6 Å². The molecule has 0 N–H and O–H groups in total. The Morgan fingerprint density at radius 2 is 1.04 bits per heavy atom. The summed E-state index contributed by atoms with van der Waals surface area (Å²) in [6.45, 7) is 0. The van der Waals surface area contributed by atoms with Gasteiger partial charge < -0.3 is 12.4 Å². The van der Waals surface area contributed by atoms with Crippen LogP contribution in [0.5, 0.6) is 0 Å². The number of ketones is 1. The van der Waals surface area contributed by atoms with Crippen LogP contribution in [0.25, 0.3) is 5.57 Å². The van der Waals surface area contributed by atoms with Crippen molar-refractivity contribution in [3.05, 3.63) is 102 Å². The van der Waals surface area contributed by atoms with Crippen LogP contribution in [0, 0.1) is 0 Å². The van der Waals surface area contributed by atoms with Crippen molar-refractivity contribution in [1.82, 2.24) is 0 Å². The molecule has 0 aliphatic heterocycles. The van der Waals surface area contributed by atoms with Gasteiger partial charge >= 0.3 is 61.6 Å². The SMILES string of the molecule is C[O+]=C1C=CC(=C(c2ccccc2)c2ccccc2)C=C1.[Cl-].[Cl][Sb]([Cl])([Cl])([Cl])[Cl]. The number of benzene rings is 2. The first-order valence-electron chi connectivity index (χ1n) is 7.85. The van der Waals surface area contributed by atoms with Gasteiger partial charge in [0, 0.05) is 12.2 Å². The second-order valence-corrected chi connectivity index (χ2v) is 43.4. The van der Waals surface area contributed by atoms with Crippen molar-refractivity contribution >= 4 is 67.2 Å². The fraction of sp³-hybridized carbons (Fsp3) is 0.0500. The van der Waals surface area contributed by atoms with Crippen molar-refractivity contribution in [3.63, 3.8) is 0 Å². The summed E-state index contributed by atoms with van der Waals surface area (Å²) < 4.78 is 5.25. The van der Waals surface area contributed by atoms with E-state index in [0.29, 0.717) is 0 Å². The van der Waals surface area contributed by atoms with E-state index in [1.165, 1.54) is 22.3 Å². The number of allylic oxidation sites excluding steroid dienone is 5. The molecule has 3 rings (SSSR count). The van der Waals surface area contributed by atoms with Gasteiger partial charge in [0.25, 0.3) is 7.11 Å². The minimum atomic E-state index is -4.33. The third-order valence-electron chi connectivity index (χ3n) is 3.50. The van der Waals surface area contributed by atoms with Crippen molar-refractivity contribution < 1.29 is 16.8 Å². The maximum absolute atomic E-state index is 5.25. The van der Waals surface area contributed by atoms with Crippen molar-refractivity contribution in [2.75, 3.05) is 7.11 Å². The van der Waals surface area contributed by atoms with E-state index in [2.05, 4.69) is 60.7 Å². The average Bonchev–Trinajstić information content (AvgIpc) is 2.62. The quantitative estimate of drug-likeness (QED) is 0.354. The van der Waals surface area contributed by atoms with Crippen molar-refractivity contribution in [2.45, 2.75) is 0 Å². The molecule has 0 aromatic heterocycles. The molecule has 0 bridgehead atoms. The van der Waals surface area contributed by atoms with E-state index in [9.17, 15) is 0 Å². The van der Waals surface area contributed by atoms with E-state index in [-0.39, 0.29) is 12.4 Å². The summed E-state index contributed by atoms with van der Waals surface area (Å²) in [5, 5.41) is 0. The Labute approximate surface area is 191 Å². The molecule has 0 atom stereocenters. The zero-order valence-electron chi connectivity index (χ0n) is 14.7. The number of carbonyl (C=O) groups excluding carboxylic acids is 1. The number of hydrogen-bond acceptors (Lipinski definition) is 0. The van der Waals surface area contributed by atoms with Gasteiger partial charge in [-0.1, -0.05) is 60.7 Å². The molecule has 0 unspecified atom stereocenters. The molecule has 2 aromatic carbocycles. The van der Waals surface area contributed by atoms with Gasteiger partial charge in [-0.3, -0.25) is 4.42 Å². The van der Waals surface area contributed by atoms with Gasteiger partial charge in [0.15, 0.2) is 0 Å². The second kappa shape index (κ2) is 11.3. The van der Waals surface area contributed by atoms with Crippen LogP contribution in [0.4, 0.5) is 0 Å². The first kappa shape index (κ1) is 25.9. The Morgan fingerprint density at radius 3 is 1.36 bits per heavy atom. The third-order valence-corrected chi connectivity index (χ3v) is 3.50. The van der Waals surface area contributed by atoms with Gasteiger partial charge in [0.05, 0.1) is 0 Å². The molecule has 0 amide bonds. The van der Waals surface area contributed by atoms with Crippen LogP contribution < -0.4 is 12.4 Å². The molecule has 28 heavy (non-hydrogen) atoms. The van der Waals surface area contributed by atoms with E-state index in [0.717, 1.165) is 5.78 Å². The topological polar surface area (TPSA) is 11.3 Å². The van der Waals surface area contributed by atoms with Gasteiger partial charge in [-0.25, -0.2) is 0 Å². The second-order valence-electron chi connectivity index (χ2n) is 5.47. The van der Waals surface area contributed by atoms with Gasteiger partial charge in [-0.05, 0) is 34.4 Å². The normalized spacial score (nSPS) is 14.1. The van der Waals surface area contributed by atoms with E-state index in [1.807, 2.05) is 24.3 Å². The van der Waals surface area contributed by atoms with Gasteiger partial charge in [-0.2, -0.15) is 0 Å². The predicted molar refractivity (Wildman–Crippen MR) is 123 cm³/mol. The van der Waals surface area contributed by atoms with E-state index in [1.54, 1.807) is 7.11 Å². The molecule has 2 aromatic rings. The summed E-state index contributed by atoms with van der Waals surface area (Å²) >= 11 is -4.33. The van der Waals surface area contributed by atoms with Crippen molar-refractivity contribution in [3.8, 4) is 0 Å². The molecule has 0 saturated heterocycles. The number of rotatable bonds is 2. The fourth-order valence-electron chi connectivity index (χ4n) is 2.47. The molecule has 0 heterocycles. The standard InChI is InChI=1S/C20H17O.6ClH.Sb/c1-21-19-14-12-18(13-15-19)20(16-8-4-2-5-9-16)17-10-6-3-7-11-17;;;;;;;/h2-15H,1H3;6*1H;/q+1;;;;;;;+5/p-6. The Kier molecular flexibility index (Phi) is 10.5. The Morgan fingerprint density at radius 1 is 0.679 bits per heavy atom. The summed E-state index contributed by atoms with van der Waals surface area (Å²) in [6, 6.07) is 21.0. The fourth-order valence-corrected chi connectivity index (χ4v) is 2.47. The summed E-state index contributed by atoms with van der Waals surface area (Å²) in [7, 11) is 26.9. The maximum atomic E-state index is 5.25. The predicted octanol–water partition coefficient (Wildman–Crippen LogP) is 4.42. The van der Waals surface area contributed by atoms with Crippen LogP contribution >= 0.6 is 44.1 Å². The van der Waals surface area contributed by atoms with Crippen molar-refractivity contribution in [2.24, 2.45) is 0 Å². The Balaban J connectivity index is 0.000000492. The zero-order valence-corrected chi connectivity index (χ0v) is 21.8. The van der Waals surface area contributed by atoms with Crippen LogP contribution in [0.15, 0.2) is 90.5 Å². The number of hydrogen-bond donors (Lipinski definition) is 0. The summed E-state index contributed by atoms with van der Waals surface area (Å²) in [5.41, 5.74) is 4.86. The van der Waals surface area contributed by atoms with Gasteiger partial charge in [0.2, 0.25) is 0 Å². The van der Waals surface area contributed by atoms with Crippen LogP contribution in [0.3, 0.4) is 0 Å². The van der Waals surface area contributed by atoms with E-state index < -0.39 is 11.7 Å². The molecule has 0 fully saturated rings. The molecule has 150 valence electrons. The Bertz CT molecular complexity index is 818. The average molecular weight is 608 g/mol. The molecule has 8 heteroatoms. The summed E-state index contributed by atoms with van der Waals surface area (Å²) in [5.74, 6) is 0.874. The first-order valence-corrected chi connectivity index (χ1v) is 24.0. The summed E-state index contributed by atoms with van der Waals surface area (Å²) in [4.78, 5) is 0. The van der Waals surface area contributed by atoms with Crippen LogP contribution in [0.1, 0.15) is 11.1 Å². The third kappa shape index (κ3) is 10.1. The number of halogens is 6. The monoisotopic (exact) mass is 604 g/mol. The molecule has 1 aliphatic rings. The molecular weight excluding hydrogens is 591 g/mol. The molecule has 0 spiro atoms. The van der Waals surface area contributed by atoms with Gasteiger partial charge in [0.1, 0.15) is 0 Å². The van der Waals surface area contributed by atoms with Crippen molar-refractivity contribution in [1.29, 1.82) is 0 Å².